The summed E-state index contributed by atoms with van der Waals surface area (Å²) in [5, 5.41) is 21.3. The SMILES string of the molecule is CCOc1cccc(/C(O)=C2\C(=O)C(=O)N(Cc3ccncc3)C2c2ccc(O)c(OC)c2)c1. The van der Waals surface area contributed by atoms with Gasteiger partial charge in [-0.15, -0.1) is 0 Å². The molecule has 1 unspecified atom stereocenters. The van der Waals surface area contributed by atoms with Gasteiger partial charge in [-0.05, 0) is 54.4 Å². The van der Waals surface area contributed by atoms with Gasteiger partial charge in [-0.25, -0.2) is 0 Å². The Kier molecular flexibility index (Phi) is 6.49. The Balaban J connectivity index is 1.88. The van der Waals surface area contributed by atoms with Crippen LogP contribution in [0.25, 0.3) is 5.76 Å². The van der Waals surface area contributed by atoms with Crippen LogP contribution < -0.4 is 9.47 Å². The second kappa shape index (κ2) is 9.66. The van der Waals surface area contributed by atoms with Gasteiger partial charge in [0.2, 0.25) is 0 Å². The topological polar surface area (TPSA) is 109 Å². The molecule has 2 aromatic carbocycles. The molecule has 2 heterocycles. The Morgan fingerprint density at radius 2 is 1.85 bits per heavy atom. The number of likely N-dealkylation sites (tertiary alicyclic amines) is 1. The maximum atomic E-state index is 13.2. The van der Waals surface area contributed by atoms with Crippen LogP contribution in [0.15, 0.2) is 72.6 Å². The molecule has 3 aromatic rings. The molecule has 1 aromatic heterocycles. The summed E-state index contributed by atoms with van der Waals surface area (Å²) in [6.45, 7) is 2.40. The zero-order chi connectivity index (χ0) is 24.2. The standard InChI is InChI=1S/C26H24N2O6/c1-3-34-19-6-4-5-18(13-19)24(30)22-23(17-7-8-20(29)21(14-17)33-2)28(26(32)25(22)31)15-16-9-11-27-12-10-16/h4-14,23,29-30H,3,15H2,1-2H3/b24-22+. The van der Waals surface area contributed by atoms with Gasteiger partial charge in [0.15, 0.2) is 11.5 Å². The van der Waals surface area contributed by atoms with Crippen LogP contribution >= 0.6 is 0 Å². The van der Waals surface area contributed by atoms with Crippen molar-refractivity contribution < 1.29 is 29.3 Å². The zero-order valence-electron chi connectivity index (χ0n) is 18.8. The van der Waals surface area contributed by atoms with E-state index in [-0.39, 0.29) is 29.4 Å². The minimum Gasteiger partial charge on any atom is -0.507 e. The molecule has 1 fully saturated rings. The van der Waals surface area contributed by atoms with Crippen molar-refractivity contribution in [3.05, 3.63) is 89.3 Å². The minimum absolute atomic E-state index is 0.0551. The van der Waals surface area contributed by atoms with Gasteiger partial charge in [0.05, 0.1) is 25.3 Å². The monoisotopic (exact) mass is 460 g/mol. The summed E-state index contributed by atoms with van der Waals surface area (Å²) in [5.41, 5.74) is 1.57. The highest BCUT2D eigenvalue weighted by Crippen LogP contribution is 2.42. The predicted molar refractivity (Wildman–Crippen MR) is 124 cm³/mol. The summed E-state index contributed by atoms with van der Waals surface area (Å²) in [5.74, 6) is -1.22. The molecule has 2 N–H and O–H groups in total. The van der Waals surface area contributed by atoms with Crippen molar-refractivity contribution in [2.24, 2.45) is 0 Å². The van der Waals surface area contributed by atoms with E-state index in [2.05, 4.69) is 4.98 Å². The molecule has 174 valence electrons. The highest BCUT2D eigenvalue weighted by molar-refractivity contribution is 6.46. The average molecular weight is 460 g/mol. The first-order valence-corrected chi connectivity index (χ1v) is 10.7. The number of nitrogens with zero attached hydrogens (tertiary/aromatic N) is 2. The Morgan fingerprint density at radius 1 is 1.09 bits per heavy atom. The van der Waals surface area contributed by atoms with Crippen molar-refractivity contribution in [3.8, 4) is 17.2 Å². The molecular weight excluding hydrogens is 436 g/mol. The number of benzene rings is 2. The molecule has 0 radical (unpaired) electrons. The summed E-state index contributed by atoms with van der Waals surface area (Å²) in [4.78, 5) is 31.7. The van der Waals surface area contributed by atoms with Crippen molar-refractivity contribution in [3.63, 3.8) is 0 Å². The molecular formula is C26H24N2O6. The molecule has 8 nitrogen and oxygen atoms in total. The second-order valence-electron chi connectivity index (χ2n) is 7.67. The lowest BCUT2D eigenvalue weighted by Crippen LogP contribution is -2.29. The van der Waals surface area contributed by atoms with Crippen LogP contribution in [0.4, 0.5) is 0 Å². The number of aromatic hydroxyl groups is 1. The summed E-state index contributed by atoms with van der Waals surface area (Å²) in [6, 6.07) is 13.9. The number of carbonyl (C=O) groups is 2. The molecule has 1 atom stereocenters. The zero-order valence-corrected chi connectivity index (χ0v) is 18.8. The van der Waals surface area contributed by atoms with E-state index in [4.69, 9.17) is 9.47 Å². The van der Waals surface area contributed by atoms with E-state index in [1.165, 1.54) is 18.1 Å². The number of aliphatic hydroxyl groups excluding tert-OH is 1. The molecule has 0 bridgehead atoms. The summed E-state index contributed by atoms with van der Waals surface area (Å²) in [7, 11) is 1.41. The normalized spacial score (nSPS) is 17.1. The highest BCUT2D eigenvalue weighted by atomic mass is 16.5. The number of phenolic OH excluding ortho intramolecular Hbond substituents is 1. The number of pyridine rings is 1. The first-order chi connectivity index (χ1) is 16.4. The maximum absolute atomic E-state index is 13.2. The number of aromatic nitrogens is 1. The van der Waals surface area contributed by atoms with Crippen molar-refractivity contribution in [1.29, 1.82) is 0 Å². The Labute approximate surface area is 196 Å². The van der Waals surface area contributed by atoms with Crippen LogP contribution in [0.3, 0.4) is 0 Å². The average Bonchev–Trinajstić information content (AvgIpc) is 3.10. The predicted octanol–water partition coefficient (Wildman–Crippen LogP) is 3.82. The van der Waals surface area contributed by atoms with Crippen molar-refractivity contribution in [1.82, 2.24) is 9.88 Å². The number of Topliss-reactive ketones (excluding diaryl/α,β-unsaturated/α-hetero) is 1. The van der Waals surface area contributed by atoms with Crippen molar-refractivity contribution in [2.75, 3.05) is 13.7 Å². The van der Waals surface area contributed by atoms with E-state index < -0.39 is 17.7 Å². The number of carbonyl (C=O) groups excluding carboxylic acids is 2. The number of phenols is 1. The minimum atomic E-state index is -0.904. The van der Waals surface area contributed by atoms with E-state index in [9.17, 15) is 19.8 Å². The number of hydrogen-bond acceptors (Lipinski definition) is 7. The smallest absolute Gasteiger partial charge is 0.295 e. The van der Waals surface area contributed by atoms with Crippen LogP contribution in [0.1, 0.15) is 29.7 Å². The van der Waals surface area contributed by atoms with Gasteiger partial charge in [0.25, 0.3) is 11.7 Å². The number of ether oxygens (including phenoxy) is 2. The van der Waals surface area contributed by atoms with Crippen molar-refractivity contribution in [2.45, 2.75) is 19.5 Å². The number of rotatable bonds is 7. The number of amides is 1. The molecule has 0 saturated carbocycles. The Morgan fingerprint density at radius 3 is 2.56 bits per heavy atom. The maximum Gasteiger partial charge on any atom is 0.295 e. The van der Waals surface area contributed by atoms with Gasteiger partial charge >= 0.3 is 0 Å². The highest BCUT2D eigenvalue weighted by Gasteiger charge is 2.46. The van der Waals surface area contributed by atoms with E-state index in [1.54, 1.807) is 60.9 Å². The lowest BCUT2D eigenvalue weighted by atomic mass is 9.94. The molecule has 1 aliphatic rings. The lowest BCUT2D eigenvalue weighted by Gasteiger charge is -2.26. The van der Waals surface area contributed by atoms with Crippen LogP contribution in [-0.2, 0) is 16.1 Å². The van der Waals surface area contributed by atoms with E-state index in [0.29, 0.717) is 23.5 Å². The van der Waals surface area contributed by atoms with Gasteiger partial charge in [-0.1, -0.05) is 18.2 Å². The molecule has 1 amide bonds. The second-order valence-corrected chi connectivity index (χ2v) is 7.67. The van der Waals surface area contributed by atoms with Crippen LogP contribution in [0.2, 0.25) is 0 Å². The van der Waals surface area contributed by atoms with Crippen LogP contribution in [-0.4, -0.2) is 45.5 Å². The first-order valence-electron chi connectivity index (χ1n) is 10.7. The molecule has 1 saturated heterocycles. The van der Waals surface area contributed by atoms with Crippen molar-refractivity contribution >= 4 is 17.4 Å². The molecule has 34 heavy (non-hydrogen) atoms. The molecule has 4 rings (SSSR count). The van der Waals surface area contributed by atoms with E-state index >= 15 is 0 Å². The lowest BCUT2D eigenvalue weighted by molar-refractivity contribution is -0.140. The van der Waals surface area contributed by atoms with Gasteiger partial charge in [0, 0.05) is 24.5 Å². The summed E-state index contributed by atoms with van der Waals surface area (Å²) in [6.07, 6.45) is 3.20. The molecule has 0 spiro atoms. The van der Waals surface area contributed by atoms with Gasteiger partial charge in [-0.3, -0.25) is 14.6 Å². The van der Waals surface area contributed by atoms with Gasteiger partial charge < -0.3 is 24.6 Å². The molecule has 0 aliphatic carbocycles. The first kappa shape index (κ1) is 22.8. The van der Waals surface area contributed by atoms with Gasteiger partial charge in [0.1, 0.15) is 11.5 Å². The third-order valence-electron chi connectivity index (χ3n) is 5.58. The fraction of sp³-hybridized carbons (Fsp3) is 0.192. The van der Waals surface area contributed by atoms with Gasteiger partial charge in [-0.2, -0.15) is 0 Å². The summed E-state index contributed by atoms with van der Waals surface area (Å²) < 4.78 is 10.7. The Bertz CT molecular complexity index is 1260. The fourth-order valence-corrected chi connectivity index (χ4v) is 3.99. The quantitative estimate of drug-likeness (QED) is 0.313. The number of ketones is 1. The third-order valence-corrected chi connectivity index (χ3v) is 5.58. The summed E-state index contributed by atoms with van der Waals surface area (Å²) >= 11 is 0. The van der Waals surface area contributed by atoms with Crippen LogP contribution in [0, 0.1) is 0 Å². The van der Waals surface area contributed by atoms with Crippen LogP contribution in [0.5, 0.6) is 17.2 Å². The number of aliphatic hydroxyl groups is 1. The fourth-order valence-electron chi connectivity index (χ4n) is 3.99. The largest absolute Gasteiger partial charge is 0.507 e. The van der Waals surface area contributed by atoms with E-state index in [1.807, 2.05) is 6.92 Å². The molecule has 1 aliphatic heterocycles. The van der Waals surface area contributed by atoms with E-state index in [0.717, 1.165) is 5.56 Å². The number of methoxy groups -OCH3 is 1. The molecule has 8 heteroatoms. The third kappa shape index (κ3) is 4.30. The Hall–Kier alpha value is -4.33. The number of hydrogen-bond donors (Lipinski definition) is 2.